The summed E-state index contributed by atoms with van der Waals surface area (Å²) in [5.74, 6) is 0.644. The van der Waals surface area contributed by atoms with Crippen molar-refractivity contribution in [3.63, 3.8) is 0 Å². The average Bonchev–Trinajstić information content (AvgIpc) is 2.86. The molecule has 0 spiro atoms. The molecule has 1 fully saturated rings. The highest BCUT2D eigenvalue weighted by Gasteiger charge is 2.23. The Bertz CT molecular complexity index is 352. The van der Waals surface area contributed by atoms with Gasteiger partial charge in [-0.1, -0.05) is 12.8 Å². The molecule has 1 aromatic heterocycles. The maximum Gasteiger partial charge on any atom is 0.328 e. The van der Waals surface area contributed by atoms with Crippen molar-refractivity contribution in [2.45, 2.75) is 37.6 Å². The molecule has 1 heterocycles. The van der Waals surface area contributed by atoms with Crippen molar-refractivity contribution < 1.29 is 14.3 Å². The summed E-state index contributed by atoms with van der Waals surface area (Å²) in [6, 6.07) is 2.49. The van der Waals surface area contributed by atoms with E-state index in [0.29, 0.717) is 11.7 Å². The summed E-state index contributed by atoms with van der Waals surface area (Å²) in [5, 5.41) is 8.73. The Morgan fingerprint density at radius 3 is 2.73 bits per heavy atom. The van der Waals surface area contributed by atoms with E-state index in [2.05, 4.69) is 0 Å². The van der Waals surface area contributed by atoms with Gasteiger partial charge < -0.3 is 15.3 Å². The van der Waals surface area contributed by atoms with Gasteiger partial charge in [0.1, 0.15) is 11.5 Å². The molecule has 0 radical (unpaired) electrons. The van der Waals surface area contributed by atoms with Gasteiger partial charge in [-0.2, -0.15) is 0 Å². The van der Waals surface area contributed by atoms with E-state index in [9.17, 15) is 4.79 Å². The number of furan rings is 1. The Morgan fingerprint density at radius 2 is 2.13 bits per heavy atom. The van der Waals surface area contributed by atoms with Crippen LogP contribution in [0, 0.1) is 0 Å². The van der Waals surface area contributed by atoms with Crippen LogP contribution >= 0.6 is 0 Å². The Labute approximate surface area is 88.1 Å². The molecule has 0 amide bonds. The van der Waals surface area contributed by atoms with Gasteiger partial charge in [-0.15, -0.1) is 0 Å². The second-order valence-electron chi connectivity index (χ2n) is 4.04. The minimum atomic E-state index is -1.05. The zero-order chi connectivity index (χ0) is 10.8. The molecule has 1 aliphatic carbocycles. The van der Waals surface area contributed by atoms with Gasteiger partial charge >= 0.3 is 5.97 Å². The topological polar surface area (TPSA) is 76.5 Å². The van der Waals surface area contributed by atoms with E-state index >= 15 is 0 Å². The summed E-state index contributed by atoms with van der Waals surface area (Å²) in [6.45, 7) is 0. The molecule has 3 N–H and O–H groups in total. The summed E-state index contributed by atoms with van der Waals surface area (Å²) in [5.41, 5.74) is 5.46. The number of carboxylic acid groups (broad SMARTS) is 1. The van der Waals surface area contributed by atoms with Crippen LogP contribution in [0.5, 0.6) is 0 Å². The predicted molar refractivity (Wildman–Crippen MR) is 54.5 cm³/mol. The first-order chi connectivity index (χ1) is 7.18. The molecule has 0 aromatic carbocycles. The second kappa shape index (κ2) is 4.06. The molecular formula is C11H15NO3. The number of aliphatic carboxylic acids is 1. The molecular weight excluding hydrogens is 194 g/mol. The van der Waals surface area contributed by atoms with Crippen LogP contribution in [0.15, 0.2) is 16.5 Å². The maximum atomic E-state index is 10.6. The summed E-state index contributed by atoms with van der Waals surface area (Å²) < 4.78 is 5.48. The molecule has 0 saturated heterocycles. The molecule has 1 aliphatic rings. The van der Waals surface area contributed by atoms with E-state index in [0.717, 1.165) is 18.6 Å². The van der Waals surface area contributed by atoms with E-state index in [1.165, 1.54) is 12.8 Å². The SMILES string of the molecule is NC(C(=O)O)c1ccc(C2CCCC2)o1. The minimum Gasteiger partial charge on any atom is -0.480 e. The van der Waals surface area contributed by atoms with Crippen molar-refractivity contribution in [3.8, 4) is 0 Å². The third-order valence-corrected chi connectivity index (χ3v) is 2.98. The lowest BCUT2D eigenvalue weighted by atomic mass is 10.1. The van der Waals surface area contributed by atoms with Crippen LogP contribution in [-0.2, 0) is 4.79 Å². The zero-order valence-electron chi connectivity index (χ0n) is 8.48. The van der Waals surface area contributed by atoms with Gasteiger partial charge in [-0.05, 0) is 25.0 Å². The number of nitrogens with two attached hydrogens (primary N) is 1. The summed E-state index contributed by atoms with van der Waals surface area (Å²) >= 11 is 0. The minimum absolute atomic E-state index is 0.351. The monoisotopic (exact) mass is 209 g/mol. The van der Waals surface area contributed by atoms with Gasteiger partial charge in [0, 0.05) is 5.92 Å². The predicted octanol–water partition coefficient (Wildman–Crippen LogP) is 2.02. The van der Waals surface area contributed by atoms with Gasteiger partial charge in [-0.25, -0.2) is 0 Å². The van der Waals surface area contributed by atoms with Crippen molar-refractivity contribution in [1.29, 1.82) is 0 Å². The number of hydrogen-bond donors (Lipinski definition) is 2. The van der Waals surface area contributed by atoms with Gasteiger partial charge in [0.25, 0.3) is 0 Å². The fraction of sp³-hybridized carbons (Fsp3) is 0.545. The highest BCUT2D eigenvalue weighted by Crippen LogP contribution is 2.35. The highest BCUT2D eigenvalue weighted by molar-refractivity contribution is 5.74. The van der Waals surface area contributed by atoms with E-state index in [4.69, 9.17) is 15.3 Å². The number of carbonyl (C=O) groups is 1. The van der Waals surface area contributed by atoms with Crippen LogP contribution in [-0.4, -0.2) is 11.1 Å². The molecule has 1 saturated carbocycles. The first-order valence-electron chi connectivity index (χ1n) is 5.26. The molecule has 82 valence electrons. The standard InChI is InChI=1S/C11H15NO3/c12-10(11(13)14)9-6-5-8(15-9)7-3-1-2-4-7/h5-7,10H,1-4,12H2,(H,13,14). The molecule has 15 heavy (non-hydrogen) atoms. The summed E-state index contributed by atoms with van der Waals surface area (Å²) in [6.07, 6.45) is 4.72. The van der Waals surface area contributed by atoms with Crippen molar-refractivity contribution in [2.24, 2.45) is 5.73 Å². The van der Waals surface area contributed by atoms with E-state index in [-0.39, 0.29) is 0 Å². The summed E-state index contributed by atoms with van der Waals surface area (Å²) in [7, 11) is 0. The van der Waals surface area contributed by atoms with E-state index in [1.807, 2.05) is 6.07 Å². The number of rotatable bonds is 3. The van der Waals surface area contributed by atoms with Crippen LogP contribution in [0.3, 0.4) is 0 Å². The lowest BCUT2D eigenvalue weighted by Crippen LogP contribution is -2.19. The molecule has 2 rings (SSSR count). The molecule has 1 aromatic rings. The number of hydrogen-bond acceptors (Lipinski definition) is 3. The van der Waals surface area contributed by atoms with Crippen molar-refractivity contribution >= 4 is 5.97 Å². The third kappa shape index (κ3) is 2.04. The van der Waals surface area contributed by atoms with E-state index in [1.54, 1.807) is 6.07 Å². The fourth-order valence-corrected chi connectivity index (χ4v) is 2.09. The Kier molecular flexibility index (Phi) is 2.77. The molecule has 0 bridgehead atoms. The van der Waals surface area contributed by atoms with Crippen LogP contribution in [0.1, 0.15) is 49.2 Å². The van der Waals surface area contributed by atoms with Crippen LogP contribution in [0.2, 0.25) is 0 Å². The lowest BCUT2D eigenvalue weighted by Gasteiger charge is -2.05. The summed E-state index contributed by atoms with van der Waals surface area (Å²) in [4.78, 5) is 10.6. The number of carboxylic acids is 1. The highest BCUT2D eigenvalue weighted by atomic mass is 16.4. The van der Waals surface area contributed by atoms with Gasteiger partial charge in [-0.3, -0.25) is 4.79 Å². The van der Waals surface area contributed by atoms with Crippen molar-refractivity contribution in [3.05, 3.63) is 23.7 Å². The smallest absolute Gasteiger partial charge is 0.328 e. The van der Waals surface area contributed by atoms with Crippen molar-refractivity contribution in [2.75, 3.05) is 0 Å². The molecule has 4 nitrogen and oxygen atoms in total. The molecule has 0 aliphatic heterocycles. The Morgan fingerprint density at radius 1 is 1.47 bits per heavy atom. The average molecular weight is 209 g/mol. The van der Waals surface area contributed by atoms with Gasteiger partial charge in [0.2, 0.25) is 0 Å². The van der Waals surface area contributed by atoms with Gasteiger partial charge in [0.05, 0.1) is 0 Å². The van der Waals surface area contributed by atoms with Crippen LogP contribution < -0.4 is 5.73 Å². The quantitative estimate of drug-likeness (QED) is 0.798. The first-order valence-corrected chi connectivity index (χ1v) is 5.26. The molecule has 1 unspecified atom stereocenters. The molecule has 1 atom stereocenters. The maximum absolute atomic E-state index is 10.6. The fourth-order valence-electron chi connectivity index (χ4n) is 2.09. The Hall–Kier alpha value is -1.29. The van der Waals surface area contributed by atoms with Gasteiger partial charge in [0.15, 0.2) is 6.04 Å². The van der Waals surface area contributed by atoms with Crippen molar-refractivity contribution in [1.82, 2.24) is 0 Å². The zero-order valence-corrected chi connectivity index (χ0v) is 8.48. The lowest BCUT2D eigenvalue weighted by molar-refractivity contribution is -0.139. The van der Waals surface area contributed by atoms with Crippen LogP contribution in [0.25, 0.3) is 0 Å². The normalized spacial score (nSPS) is 19.3. The molecule has 4 heteroatoms. The largest absolute Gasteiger partial charge is 0.480 e. The first kappa shape index (κ1) is 10.2. The van der Waals surface area contributed by atoms with Crippen LogP contribution in [0.4, 0.5) is 0 Å². The Balaban J connectivity index is 2.12. The second-order valence-corrected chi connectivity index (χ2v) is 4.04. The third-order valence-electron chi connectivity index (χ3n) is 2.98. The van der Waals surface area contributed by atoms with E-state index < -0.39 is 12.0 Å².